The van der Waals surface area contributed by atoms with Gasteiger partial charge in [0.25, 0.3) is 5.56 Å². The molecule has 1 aromatic rings. The molecule has 7 nitrogen and oxygen atoms in total. The quantitative estimate of drug-likeness (QED) is 0.670. The fourth-order valence-corrected chi connectivity index (χ4v) is 2.58. The number of fused-ring (bicyclic) bond motifs is 2. The zero-order valence-electron chi connectivity index (χ0n) is 13.6. The first-order chi connectivity index (χ1) is 10.9. The van der Waals surface area contributed by atoms with Crippen molar-refractivity contribution in [2.24, 2.45) is 7.05 Å². The van der Waals surface area contributed by atoms with E-state index in [4.69, 9.17) is 4.74 Å². The number of hydrogen-bond donors (Lipinski definition) is 0. The Bertz CT molecular complexity index is 987. The summed E-state index contributed by atoms with van der Waals surface area (Å²) in [6.07, 6.45) is 0. The number of methoxy groups -OCH3 is 1. The molecule has 7 heteroatoms. The van der Waals surface area contributed by atoms with Crippen LogP contribution in [-0.4, -0.2) is 32.8 Å². The molecule has 0 radical (unpaired) electrons. The van der Waals surface area contributed by atoms with Crippen LogP contribution in [0.4, 0.5) is 0 Å². The average Bonchev–Trinajstić information content (AvgIpc) is 2.52. The highest BCUT2D eigenvalue weighted by Gasteiger charge is 2.20. The summed E-state index contributed by atoms with van der Waals surface area (Å²) >= 11 is 0. The van der Waals surface area contributed by atoms with Gasteiger partial charge in [0.2, 0.25) is 0 Å². The molecule has 0 bridgehead atoms. The fraction of sp³-hybridized carbons (Fsp3) is 0.375. The molecule has 3 rings (SSSR count). The van der Waals surface area contributed by atoms with Crippen LogP contribution >= 0.6 is 0 Å². The Morgan fingerprint density at radius 1 is 1.13 bits per heavy atom. The van der Waals surface area contributed by atoms with E-state index in [-0.39, 0.29) is 5.69 Å². The van der Waals surface area contributed by atoms with E-state index in [0.29, 0.717) is 24.5 Å². The van der Waals surface area contributed by atoms with E-state index in [1.165, 1.54) is 7.05 Å². The molecule has 0 N–H and O–H groups in total. The fourth-order valence-electron chi connectivity index (χ4n) is 2.58. The van der Waals surface area contributed by atoms with E-state index < -0.39 is 11.2 Å². The Kier molecular flexibility index (Phi) is 3.73. The maximum Gasteiger partial charge on any atom is 0.352 e. The van der Waals surface area contributed by atoms with Gasteiger partial charge < -0.3 is 9.30 Å². The van der Waals surface area contributed by atoms with Crippen molar-refractivity contribution in [1.29, 1.82) is 0 Å². The minimum atomic E-state index is -0.585. The van der Waals surface area contributed by atoms with Gasteiger partial charge in [0.1, 0.15) is 0 Å². The van der Waals surface area contributed by atoms with Gasteiger partial charge in [-0.2, -0.15) is 4.98 Å². The normalized spacial score (nSPS) is 11.5. The van der Waals surface area contributed by atoms with E-state index >= 15 is 0 Å². The first-order valence-corrected chi connectivity index (χ1v) is 7.31. The lowest BCUT2D eigenvalue weighted by Gasteiger charge is -2.18. The number of aryl methyl sites for hydroxylation is 2. The molecule has 2 aliphatic rings. The molecule has 1 aromatic carbocycles. The minimum absolute atomic E-state index is 0.193. The molecule has 0 aliphatic carbocycles. The first kappa shape index (κ1) is 15.4. The summed E-state index contributed by atoms with van der Waals surface area (Å²) < 4.78 is 7.96. The second-order valence-electron chi connectivity index (χ2n) is 5.61. The van der Waals surface area contributed by atoms with E-state index in [2.05, 4.69) is 9.97 Å². The SMILES string of the molecule is COCCn1c2nc(=O)n(C)c(=O)c-2nc2cc(C)c(C)cc21. The van der Waals surface area contributed by atoms with Gasteiger partial charge in [0, 0.05) is 20.7 Å². The number of hydrogen-bond acceptors (Lipinski definition) is 5. The highest BCUT2D eigenvalue weighted by Crippen LogP contribution is 2.23. The summed E-state index contributed by atoms with van der Waals surface area (Å²) in [7, 11) is 3.01. The number of benzene rings is 1. The smallest absolute Gasteiger partial charge is 0.352 e. The molecule has 0 atom stereocenters. The van der Waals surface area contributed by atoms with E-state index in [1.807, 2.05) is 30.5 Å². The predicted molar refractivity (Wildman–Crippen MR) is 87.0 cm³/mol. The van der Waals surface area contributed by atoms with Crippen molar-refractivity contribution in [1.82, 2.24) is 19.1 Å². The second-order valence-corrected chi connectivity index (χ2v) is 5.61. The molecular formula is C16H18N4O3. The van der Waals surface area contributed by atoms with Gasteiger partial charge in [-0.3, -0.25) is 9.36 Å². The molecule has 2 heterocycles. The van der Waals surface area contributed by atoms with Gasteiger partial charge in [-0.1, -0.05) is 0 Å². The molecule has 0 amide bonds. The summed E-state index contributed by atoms with van der Waals surface area (Å²) in [5.74, 6) is 0.297. The van der Waals surface area contributed by atoms with Crippen LogP contribution in [-0.2, 0) is 18.3 Å². The molecule has 0 aromatic heterocycles. The molecular weight excluding hydrogens is 296 g/mol. The summed E-state index contributed by atoms with van der Waals surface area (Å²) in [6.45, 7) is 4.93. The Morgan fingerprint density at radius 3 is 2.52 bits per heavy atom. The lowest BCUT2D eigenvalue weighted by atomic mass is 10.1. The van der Waals surface area contributed by atoms with Crippen LogP contribution in [0, 0.1) is 13.8 Å². The topological polar surface area (TPSA) is 79.0 Å². The standard InChI is InChI=1S/C16H18N4O3/c1-9-7-11-12(8-10(9)2)20(5-6-23-4)14-13(17-11)15(21)19(3)16(22)18-14/h7-8H,5-6H2,1-4H3. The molecule has 0 saturated heterocycles. The van der Waals surface area contributed by atoms with Crippen LogP contribution < -0.4 is 11.2 Å². The van der Waals surface area contributed by atoms with Crippen LogP contribution in [0.2, 0.25) is 0 Å². The zero-order valence-corrected chi connectivity index (χ0v) is 13.6. The van der Waals surface area contributed by atoms with Gasteiger partial charge in [0.15, 0.2) is 11.5 Å². The average molecular weight is 314 g/mol. The van der Waals surface area contributed by atoms with Gasteiger partial charge in [0.05, 0.1) is 17.6 Å². The Hall–Kier alpha value is -2.54. The summed E-state index contributed by atoms with van der Waals surface area (Å²) in [6, 6.07) is 3.94. The van der Waals surface area contributed by atoms with Gasteiger partial charge in [-0.05, 0) is 37.1 Å². The molecule has 0 spiro atoms. The van der Waals surface area contributed by atoms with E-state index in [0.717, 1.165) is 21.2 Å². The van der Waals surface area contributed by atoms with Crippen molar-refractivity contribution in [3.63, 3.8) is 0 Å². The largest absolute Gasteiger partial charge is 0.383 e. The molecule has 0 saturated carbocycles. The van der Waals surface area contributed by atoms with Crippen molar-refractivity contribution >= 4 is 11.0 Å². The van der Waals surface area contributed by atoms with Crippen molar-refractivity contribution in [3.8, 4) is 11.5 Å². The van der Waals surface area contributed by atoms with Crippen LogP contribution in [0.15, 0.2) is 21.7 Å². The Morgan fingerprint density at radius 2 is 1.83 bits per heavy atom. The van der Waals surface area contributed by atoms with Crippen molar-refractivity contribution in [2.45, 2.75) is 20.4 Å². The molecule has 0 unspecified atom stereocenters. The molecule has 0 fully saturated rings. The van der Waals surface area contributed by atoms with Crippen molar-refractivity contribution in [2.75, 3.05) is 13.7 Å². The third kappa shape index (κ3) is 2.43. The summed E-state index contributed by atoms with van der Waals surface area (Å²) in [5.41, 5.74) is 2.90. The van der Waals surface area contributed by atoms with Crippen molar-refractivity contribution in [3.05, 3.63) is 44.1 Å². The Balaban J connectivity index is 2.50. The van der Waals surface area contributed by atoms with Gasteiger partial charge in [-0.15, -0.1) is 0 Å². The predicted octanol–water partition coefficient (Wildman–Crippen LogP) is 0.858. The number of nitrogens with zero attached hydrogens (tertiary/aromatic N) is 4. The summed E-state index contributed by atoms with van der Waals surface area (Å²) in [4.78, 5) is 32.8. The monoisotopic (exact) mass is 314 g/mol. The summed E-state index contributed by atoms with van der Waals surface area (Å²) in [5, 5.41) is 0. The maximum atomic E-state index is 12.4. The van der Waals surface area contributed by atoms with Crippen molar-refractivity contribution < 1.29 is 4.74 Å². The maximum absolute atomic E-state index is 12.4. The second kappa shape index (κ2) is 5.58. The highest BCUT2D eigenvalue weighted by atomic mass is 16.5. The lowest BCUT2D eigenvalue weighted by molar-refractivity contribution is 0.188. The third-order valence-corrected chi connectivity index (χ3v) is 4.10. The van der Waals surface area contributed by atoms with E-state index in [1.54, 1.807) is 7.11 Å². The lowest BCUT2D eigenvalue weighted by Crippen LogP contribution is -2.36. The zero-order chi connectivity index (χ0) is 16.7. The first-order valence-electron chi connectivity index (χ1n) is 7.31. The van der Waals surface area contributed by atoms with Gasteiger partial charge >= 0.3 is 5.69 Å². The van der Waals surface area contributed by atoms with Gasteiger partial charge in [-0.25, -0.2) is 9.78 Å². The minimum Gasteiger partial charge on any atom is -0.383 e. The number of rotatable bonds is 3. The van der Waals surface area contributed by atoms with Crippen LogP contribution in [0.3, 0.4) is 0 Å². The van der Waals surface area contributed by atoms with E-state index in [9.17, 15) is 9.59 Å². The highest BCUT2D eigenvalue weighted by molar-refractivity contribution is 5.81. The molecule has 120 valence electrons. The molecule has 23 heavy (non-hydrogen) atoms. The third-order valence-electron chi connectivity index (χ3n) is 4.10. The van der Waals surface area contributed by atoms with Crippen LogP contribution in [0.25, 0.3) is 22.6 Å². The molecule has 2 aliphatic heterocycles. The Labute approximate surface area is 132 Å². The number of aromatic nitrogens is 4. The van der Waals surface area contributed by atoms with Crippen LogP contribution in [0.1, 0.15) is 11.1 Å². The van der Waals surface area contributed by atoms with Crippen LogP contribution in [0.5, 0.6) is 0 Å². The number of ether oxygens (including phenoxy) is 1.